The fourth-order valence-electron chi connectivity index (χ4n) is 2.10. The number of rotatable bonds is 6. The lowest BCUT2D eigenvalue weighted by molar-refractivity contribution is -0.116. The van der Waals surface area contributed by atoms with Crippen LogP contribution in [0.4, 0.5) is 11.4 Å². The summed E-state index contributed by atoms with van der Waals surface area (Å²) in [6, 6.07) is 16.5. The summed E-state index contributed by atoms with van der Waals surface area (Å²) >= 11 is 0. The lowest BCUT2D eigenvalue weighted by atomic mass is 10.1. The molecule has 2 aromatic rings. The molecular formula is C17H19N3O2. The minimum Gasteiger partial charge on any atom is -0.374 e. The van der Waals surface area contributed by atoms with Gasteiger partial charge in [0, 0.05) is 25.7 Å². The van der Waals surface area contributed by atoms with Gasteiger partial charge in [-0.1, -0.05) is 30.3 Å². The number of hydrogen-bond acceptors (Lipinski definition) is 3. The molecule has 0 aliphatic carbocycles. The van der Waals surface area contributed by atoms with Crippen LogP contribution >= 0.6 is 0 Å². The number of nitrogens with one attached hydrogen (secondary N) is 1. The molecular weight excluding hydrogens is 278 g/mol. The lowest BCUT2D eigenvalue weighted by Gasteiger charge is -2.19. The number of anilines is 2. The molecule has 22 heavy (non-hydrogen) atoms. The second-order valence-corrected chi connectivity index (χ2v) is 4.97. The van der Waals surface area contributed by atoms with Crippen molar-refractivity contribution >= 4 is 23.2 Å². The van der Waals surface area contributed by atoms with Gasteiger partial charge in [0.1, 0.15) is 0 Å². The van der Waals surface area contributed by atoms with E-state index in [9.17, 15) is 9.59 Å². The van der Waals surface area contributed by atoms with Crippen LogP contribution in [0.1, 0.15) is 16.8 Å². The van der Waals surface area contributed by atoms with Gasteiger partial charge < -0.3 is 16.0 Å². The maximum atomic E-state index is 12.0. The van der Waals surface area contributed by atoms with Gasteiger partial charge in [0.2, 0.25) is 5.91 Å². The van der Waals surface area contributed by atoms with Crippen LogP contribution in [-0.4, -0.2) is 25.4 Å². The van der Waals surface area contributed by atoms with Crippen molar-refractivity contribution in [1.29, 1.82) is 0 Å². The van der Waals surface area contributed by atoms with Crippen LogP contribution in [0.3, 0.4) is 0 Å². The Balaban J connectivity index is 1.93. The highest BCUT2D eigenvalue weighted by Crippen LogP contribution is 2.15. The minimum absolute atomic E-state index is 0.156. The number of nitrogens with two attached hydrogens (primary N) is 1. The van der Waals surface area contributed by atoms with Crippen molar-refractivity contribution in [3.8, 4) is 0 Å². The Kier molecular flexibility index (Phi) is 5.14. The Hall–Kier alpha value is -2.82. The van der Waals surface area contributed by atoms with Gasteiger partial charge in [0.05, 0.1) is 11.3 Å². The molecule has 0 saturated carbocycles. The quantitative estimate of drug-likeness (QED) is 0.858. The molecule has 0 aromatic heterocycles. The molecule has 0 saturated heterocycles. The Morgan fingerprint density at radius 1 is 1.05 bits per heavy atom. The van der Waals surface area contributed by atoms with Crippen LogP contribution in [0.15, 0.2) is 54.6 Å². The molecule has 5 nitrogen and oxygen atoms in total. The van der Waals surface area contributed by atoms with E-state index in [1.165, 1.54) is 0 Å². The first kappa shape index (κ1) is 15.6. The van der Waals surface area contributed by atoms with E-state index in [2.05, 4.69) is 5.32 Å². The van der Waals surface area contributed by atoms with E-state index in [4.69, 9.17) is 5.73 Å². The van der Waals surface area contributed by atoms with Crippen molar-refractivity contribution in [2.45, 2.75) is 6.42 Å². The third kappa shape index (κ3) is 4.09. The summed E-state index contributed by atoms with van der Waals surface area (Å²) in [4.78, 5) is 25.3. The van der Waals surface area contributed by atoms with Gasteiger partial charge in [0.25, 0.3) is 5.91 Å². The van der Waals surface area contributed by atoms with Gasteiger partial charge in [0.15, 0.2) is 0 Å². The second kappa shape index (κ2) is 7.26. The Labute approximate surface area is 129 Å². The van der Waals surface area contributed by atoms with Gasteiger partial charge >= 0.3 is 0 Å². The van der Waals surface area contributed by atoms with E-state index in [1.54, 1.807) is 24.3 Å². The van der Waals surface area contributed by atoms with Crippen molar-refractivity contribution in [2.75, 3.05) is 23.8 Å². The highest BCUT2D eigenvalue weighted by atomic mass is 16.2. The zero-order valence-corrected chi connectivity index (χ0v) is 12.5. The third-order valence-corrected chi connectivity index (χ3v) is 3.34. The topological polar surface area (TPSA) is 75.4 Å². The molecule has 3 N–H and O–H groups in total. The van der Waals surface area contributed by atoms with E-state index in [1.807, 2.05) is 42.3 Å². The highest BCUT2D eigenvalue weighted by Gasteiger charge is 2.11. The molecule has 0 spiro atoms. The van der Waals surface area contributed by atoms with Gasteiger partial charge in [-0.25, -0.2) is 0 Å². The molecule has 0 radical (unpaired) electrons. The van der Waals surface area contributed by atoms with Crippen LogP contribution in [0.2, 0.25) is 0 Å². The molecule has 2 rings (SSSR count). The van der Waals surface area contributed by atoms with Crippen LogP contribution in [0.25, 0.3) is 0 Å². The van der Waals surface area contributed by atoms with Crippen molar-refractivity contribution in [2.24, 2.45) is 5.73 Å². The number of benzene rings is 2. The van der Waals surface area contributed by atoms with E-state index in [0.29, 0.717) is 24.2 Å². The van der Waals surface area contributed by atoms with Gasteiger partial charge in [-0.3, -0.25) is 9.59 Å². The van der Waals surface area contributed by atoms with Crippen molar-refractivity contribution in [1.82, 2.24) is 0 Å². The maximum Gasteiger partial charge on any atom is 0.250 e. The molecule has 0 unspecified atom stereocenters. The zero-order chi connectivity index (χ0) is 15.9. The van der Waals surface area contributed by atoms with Crippen LogP contribution in [0, 0.1) is 0 Å². The fraction of sp³-hybridized carbons (Fsp3) is 0.176. The molecule has 0 atom stereocenters. The van der Waals surface area contributed by atoms with Gasteiger partial charge in [-0.05, 0) is 24.3 Å². The normalized spacial score (nSPS) is 10.0. The maximum absolute atomic E-state index is 12.0. The smallest absolute Gasteiger partial charge is 0.250 e. The first-order valence-electron chi connectivity index (χ1n) is 7.03. The first-order valence-corrected chi connectivity index (χ1v) is 7.03. The van der Waals surface area contributed by atoms with Crippen LogP contribution in [0.5, 0.6) is 0 Å². The lowest BCUT2D eigenvalue weighted by Crippen LogP contribution is -2.24. The van der Waals surface area contributed by atoms with E-state index in [0.717, 1.165) is 5.69 Å². The summed E-state index contributed by atoms with van der Waals surface area (Å²) in [7, 11) is 1.93. The first-order chi connectivity index (χ1) is 10.6. The monoisotopic (exact) mass is 297 g/mol. The molecule has 0 bridgehead atoms. The van der Waals surface area contributed by atoms with Crippen molar-refractivity contribution < 1.29 is 9.59 Å². The van der Waals surface area contributed by atoms with Gasteiger partial charge in [-0.2, -0.15) is 0 Å². The summed E-state index contributed by atoms with van der Waals surface area (Å²) in [5, 5.41) is 2.73. The van der Waals surface area contributed by atoms with Crippen LogP contribution < -0.4 is 16.0 Å². The fourth-order valence-corrected chi connectivity index (χ4v) is 2.10. The second-order valence-electron chi connectivity index (χ2n) is 4.97. The molecule has 0 aliphatic rings. The molecule has 2 amide bonds. The Morgan fingerprint density at radius 2 is 1.68 bits per heavy atom. The van der Waals surface area contributed by atoms with Crippen molar-refractivity contribution in [3.63, 3.8) is 0 Å². The van der Waals surface area contributed by atoms with Crippen molar-refractivity contribution in [3.05, 3.63) is 60.2 Å². The predicted molar refractivity (Wildman–Crippen MR) is 87.9 cm³/mol. The largest absolute Gasteiger partial charge is 0.374 e. The SMILES string of the molecule is CN(CCC(=O)Nc1ccccc1C(N)=O)c1ccccc1. The average molecular weight is 297 g/mol. The average Bonchev–Trinajstić information content (AvgIpc) is 2.53. The van der Waals surface area contributed by atoms with E-state index < -0.39 is 5.91 Å². The number of carbonyl (C=O) groups is 2. The summed E-state index contributed by atoms with van der Waals surface area (Å²) in [6.07, 6.45) is 0.318. The minimum atomic E-state index is -0.558. The highest BCUT2D eigenvalue weighted by molar-refractivity contribution is 6.03. The zero-order valence-electron chi connectivity index (χ0n) is 12.5. The number of hydrogen-bond donors (Lipinski definition) is 2. The number of amides is 2. The molecule has 114 valence electrons. The summed E-state index contributed by atoms with van der Waals surface area (Å²) < 4.78 is 0. The number of para-hydroxylation sites is 2. The molecule has 2 aromatic carbocycles. The molecule has 0 aliphatic heterocycles. The molecule has 5 heteroatoms. The summed E-state index contributed by atoms with van der Waals surface area (Å²) in [5.74, 6) is -0.714. The Bertz CT molecular complexity index is 656. The predicted octanol–water partition coefficient (Wildman–Crippen LogP) is 2.25. The summed E-state index contributed by atoms with van der Waals surface area (Å²) in [6.45, 7) is 0.578. The van der Waals surface area contributed by atoms with Crippen LogP contribution in [-0.2, 0) is 4.79 Å². The molecule has 0 fully saturated rings. The Morgan fingerprint density at radius 3 is 2.36 bits per heavy atom. The number of primary amides is 1. The van der Waals surface area contributed by atoms with Gasteiger partial charge in [-0.15, -0.1) is 0 Å². The van der Waals surface area contributed by atoms with E-state index in [-0.39, 0.29) is 5.91 Å². The standard InChI is InChI=1S/C17H19N3O2/c1-20(13-7-3-2-4-8-13)12-11-16(21)19-15-10-6-5-9-14(15)17(18)22/h2-10H,11-12H2,1H3,(H2,18,22)(H,19,21). The third-order valence-electron chi connectivity index (χ3n) is 3.34. The summed E-state index contributed by atoms with van der Waals surface area (Å²) in [5.41, 5.74) is 7.10. The number of carbonyl (C=O) groups excluding carboxylic acids is 2. The van der Waals surface area contributed by atoms with E-state index >= 15 is 0 Å². The molecule has 0 heterocycles. The number of nitrogens with zero attached hydrogens (tertiary/aromatic N) is 1.